The Morgan fingerprint density at radius 2 is 2.21 bits per heavy atom. The quantitative estimate of drug-likeness (QED) is 0.942. The molecule has 0 unspecified atom stereocenters. The van der Waals surface area contributed by atoms with E-state index >= 15 is 0 Å². The second-order valence-electron chi connectivity index (χ2n) is 3.86. The highest BCUT2D eigenvalue weighted by Crippen LogP contribution is 2.14. The SMILES string of the molecule is COc1ncccc1CNC(=O)c1cccc(Br)c1. The number of benzene rings is 1. The van der Waals surface area contributed by atoms with Gasteiger partial charge in [-0.1, -0.05) is 28.1 Å². The Bertz CT molecular complexity index is 587. The van der Waals surface area contributed by atoms with Gasteiger partial charge in [0.1, 0.15) is 0 Å². The van der Waals surface area contributed by atoms with Gasteiger partial charge in [0.2, 0.25) is 5.88 Å². The maximum atomic E-state index is 12.0. The van der Waals surface area contributed by atoms with Gasteiger partial charge in [0.15, 0.2) is 0 Å². The Labute approximate surface area is 119 Å². The number of amides is 1. The van der Waals surface area contributed by atoms with E-state index in [0.717, 1.165) is 10.0 Å². The molecule has 19 heavy (non-hydrogen) atoms. The number of ether oxygens (including phenoxy) is 1. The van der Waals surface area contributed by atoms with E-state index in [-0.39, 0.29) is 5.91 Å². The van der Waals surface area contributed by atoms with E-state index in [1.165, 1.54) is 0 Å². The van der Waals surface area contributed by atoms with Crippen molar-refractivity contribution in [2.45, 2.75) is 6.54 Å². The summed E-state index contributed by atoms with van der Waals surface area (Å²) < 4.78 is 6.01. The van der Waals surface area contributed by atoms with Crippen LogP contribution in [0.1, 0.15) is 15.9 Å². The van der Waals surface area contributed by atoms with Gasteiger partial charge >= 0.3 is 0 Å². The topological polar surface area (TPSA) is 51.2 Å². The molecule has 0 bridgehead atoms. The largest absolute Gasteiger partial charge is 0.481 e. The van der Waals surface area contributed by atoms with Crippen molar-refractivity contribution in [2.75, 3.05) is 7.11 Å². The summed E-state index contributed by atoms with van der Waals surface area (Å²) >= 11 is 3.34. The number of halogens is 1. The Morgan fingerprint density at radius 3 is 2.95 bits per heavy atom. The number of aromatic nitrogens is 1. The Balaban J connectivity index is 2.04. The van der Waals surface area contributed by atoms with Gasteiger partial charge in [-0.15, -0.1) is 0 Å². The highest BCUT2D eigenvalue weighted by atomic mass is 79.9. The van der Waals surface area contributed by atoms with E-state index in [0.29, 0.717) is 18.0 Å². The molecule has 98 valence electrons. The van der Waals surface area contributed by atoms with Crippen molar-refractivity contribution in [3.63, 3.8) is 0 Å². The van der Waals surface area contributed by atoms with E-state index in [2.05, 4.69) is 26.2 Å². The summed E-state index contributed by atoms with van der Waals surface area (Å²) in [7, 11) is 1.56. The second-order valence-corrected chi connectivity index (χ2v) is 4.78. The Morgan fingerprint density at radius 1 is 1.37 bits per heavy atom. The fourth-order valence-electron chi connectivity index (χ4n) is 1.65. The summed E-state index contributed by atoms with van der Waals surface area (Å²) in [5.41, 5.74) is 1.45. The number of carbonyl (C=O) groups excluding carboxylic acids is 1. The first kappa shape index (κ1) is 13.5. The van der Waals surface area contributed by atoms with E-state index in [1.807, 2.05) is 24.3 Å². The van der Waals surface area contributed by atoms with Crippen LogP contribution in [0.2, 0.25) is 0 Å². The third-order valence-electron chi connectivity index (χ3n) is 2.57. The fraction of sp³-hybridized carbons (Fsp3) is 0.143. The first-order valence-corrected chi connectivity index (χ1v) is 6.51. The van der Waals surface area contributed by atoms with Crippen LogP contribution < -0.4 is 10.1 Å². The number of nitrogens with one attached hydrogen (secondary N) is 1. The number of rotatable bonds is 4. The molecule has 0 fully saturated rings. The van der Waals surface area contributed by atoms with E-state index in [4.69, 9.17) is 4.74 Å². The minimum absolute atomic E-state index is 0.132. The van der Waals surface area contributed by atoms with Crippen LogP contribution in [0.3, 0.4) is 0 Å². The van der Waals surface area contributed by atoms with Crippen LogP contribution in [0.15, 0.2) is 47.1 Å². The van der Waals surface area contributed by atoms with Crippen LogP contribution in [-0.2, 0) is 6.54 Å². The summed E-state index contributed by atoms with van der Waals surface area (Å²) in [6.45, 7) is 0.377. The van der Waals surface area contributed by atoms with Gasteiger partial charge < -0.3 is 10.1 Å². The molecule has 2 aromatic rings. The Hall–Kier alpha value is -1.88. The van der Waals surface area contributed by atoms with Crippen LogP contribution in [-0.4, -0.2) is 18.0 Å². The molecule has 1 heterocycles. The molecule has 0 radical (unpaired) electrons. The molecule has 0 spiro atoms. The van der Waals surface area contributed by atoms with Crippen molar-refractivity contribution in [1.29, 1.82) is 0 Å². The van der Waals surface area contributed by atoms with E-state index < -0.39 is 0 Å². The normalized spacial score (nSPS) is 10.0. The molecule has 0 saturated heterocycles. The molecule has 0 atom stereocenters. The second kappa shape index (κ2) is 6.33. The highest BCUT2D eigenvalue weighted by Gasteiger charge is 2.08. The number of carbonyl (C=O) groups is 1. The van der Waals surface area contributed by atoms with Gasteiger partial charge in [-0.3, -0.25) is 4.79 Å². The van der Waals surface area contributed by atoms with Crippen molar-refractivity contribution >= 4 is 21.8 Å². The van der Waals surface area contributed by atoms with Crippen molar-refractivity contribution in [3.05, 3.63) is 58.2 Å². The lowest BCUT2D eigenvalue weighted by atomic mass is 10.2. The molecule has 2 rings (SSSR count). The summed E-state index contributed by atoms with van der Waals surface area (Å²) in [5, 5.41) is 2.84. The van der Waals surface area contributed by atoms with Gasteiger partial charge in [-0.05, 0) is 24.3 Å². The maximum absolute atomic E-state index is 12.0. The zero-order valence-corrected chi connectivity index (χ0v) is 12.0. The number of pyridine rings is 1. The molecule has 4 nitrogen and oxygen atoms in total. The van der Waals surface area contributed by atoms with Crippen LogP contribution >= 0.6 is 15.9 Å². The van der Waals surface area contributed by atoms with Crippen LogP contribution in [0.5, 0.6) is 5.88 Å². The molecule has 5 heteroatoms. The summed E-state index contributed by atoms with van der Waals surface area (Å²) in [5.74, 6) is 0.393. The van der Waals surface area contributed by atoms with Crippen molar-refractivity contribution < 1.29 is 9.53 Å². The maximum Gasteiger partial charge on any atom is 0.251 e. The fourth-order valence-corrected chi connectivity index (χ4v) is 2.05. The molecule has 1 aromatic heterocycles. The van der Waals surface area contributed by atoms with Crippen molar-refractivity contribution in [1.82, 2.24) is 10.3 Å². The van der Waals surface area contributed by atoms with E-state index in [1.54, 1.807) is 25.4 Å². The minimum atomic E-state index is -0.132. The molecule has 1 N–H and O–H groups in total. The Kier molecular flexibility index (Phi) is 4.52. The zero-order chi connectivity index (χ0) is 13.7. The first-order valence-electron chi connectivity index (χ1n) is 5.72. The lowest BCUT2D eigenvalue weighted by molar-refractivity contribution is 0.0950. The van der Waals surface area contributed by atoms with Gasteiger partial charge in [-0.2, -0.15) is 0 Å². The number of hydrogen-bond acceptors (Lipinski definition) is 3. The predicted octanol–water partition coefficient (Wildman–Crippen LogP) is 2.78. The first-order chi connectivity index (χ1) is 9.20. The highest BCUT2D eigenvalue weighted by molar-refractivity contribution is 9.10. The molecule has 0 saturated carbocycles. The van der Waals surface area contributed by atoms with Gasteiger partial charge in [-0.25, -0.2) is 4.98 Å². The summed E-state index contributed by atoms with van der Waals surface area (Å²) in [6, 6.07) is 10.9. The van der Waals surface area contributed by atoms with Crippen LogP contribution in [0.4, 0.5) is 0 Å². The zero-order valence-electron chi connectivity index (χ0n) is 10.4. The standard InChI is InChI=1S/C14H13BrN2O2/c1-19-14-11(5-3-7-16-14)9-17-13(18)10-4-2-6-12(15)8-10/h2-8H,9H2,1H3,(H,17,18). The van der Waals surface area contributed by atoms with Crippen LogP contribution in [0.25, 0.3) is 0 Å². The average molecular weight is 321 g/mol. The third-order valence-corrected chi connectivity index (χ3v) is 3.06. The number of hydrogen-bond donors (Lipinski definition) is 1. The lowest BCUT2D eigenvalue weighted by Gasteiger charge is -2.08. The lowest BCUT2D eigenvalue weighted by Crippen LogP contribution is -2.23. The van der Waals surface area contributed by atoms with E-state index in [9.17, 15) is 4.79 Å². The molecule has 0 aliphatic rings. The van der Waals surface area contributed by atoms with Gasteiger partial charge in [0, 0.05) is 28.3 Å². The molecular weight excluding hydrogens is 308 g/mol. The minimum Gasteiger partial charge on any atom is -0.481 e. The average Bonchev–Trinajstić information content (AvgIpc) is 2.45. The molecule has 0 aliphatic heterocycles. The smallest absolute Gasteiger partial charge is 0.251 e. The number of nitrogens with zero attached hydrogens (tertiary/aromatic N) is 1. The predicted molar refractivity (Wildman–Crippen MR) is 76.1 cm³/mol. The molecular formula is C14H13BrN2O2. The summed E-state index contributed by atoms with van der Waals surface area (Å²) in [6.07, 6.45) is 1.65. The molecule has 1 amide bonds. The third kappa shape index (κ3) is 3.54. The van der Waals surface area contributed by atoms with Crippen molar-refractivity contribution in [3.8, 4) is 5.88 Å². The summed E-state index contributed by atoms with van der Waals surface area (Å²) in [4.78, 5) is 16.1. The van der Waals surface area contributed by atoms with Gasteiger partial charge in [0.25, 0.3) is 5.91 Å². The van der Waals surface area contributed by atoms with Crippen LogP contribution in [0, 0.1) is 0 Å². The molecule has 1 aromatic carbocycles. The molecule has 0 aliphatic carbocycles. The number of methoxy groups -OCH3 is 1. The van der Waals surface area contributed by atoms with Crippen molar-refractivity contribution in [2.24, 2.45) is 0 Å². The van der Waals surface area contributed by atoms with Gasteiger partial charge in [0.05, 0.1) is 7.11 Å². The monoisotopic (exact) mass is 320 g/mol.